The van der Waals surface area contributed by atoms with Crippen LogP contribution in [-0.4, -0.2) is 13.5 Å². The van der Waals surface area contributed by atoms with Crippen LogP contribution < -0.4 is 14.2 Å². The highest BCUT2D eigenvalue weighted by molar-refractivity contribution is 6.32. The predicted molar refractivity (Wildman–Crippen MR) is 75.9 cm³/mol. The van der Waals surface area contributed by atoms with Crippen molar-refractivity contribution in [1.82, 2.24) is 0 Å². The molecular weight excluding hydrogens is 335 g/mol. The van der Waals surface area contributed by atoms with E-state index in [1.54, 1.807) is 0 Å². The summed E-state index contributed by atoms with van der Waals surface area (Å²) in [6, 6.07) is 9.71. The molecule has 0 saturated heterocycles. The van der Waals surface area contributed by atoms with E-state index in [2.05, 4.69) is 4.74 Å². The molecule has 0 unspecified atom stereocenters. The van der Waals surface area contributed by atoms with Crippen molar-refractivity contribution in [3.63, 3.8) is 0 Å². The molecule has 0 aliphatic carbocycles. The number of alkyl halides is 3. The van der Waals surface area contributed by atoms with Crippen LogP contribution in [0, 0.1) is 11.3 Å². The van der Waals surface area contributed by atoms with Crippen LogP contribution in [0.25, 0.3) is 0 Å². The van der Waals surface area contributed by atoms with Gasteiger partial charge in [0.25, 0.3) is 0 Å². The molecule has 0 amide bonds. The summed E-state index contributed by atoms with van der Waals surface area (Å²) in [5, 5.41) is 8.76. The van der Waals surface area contributed by atoms with Crippen LogP contribution in [0.1, 0.15) is 5.56 Å². The molecule has 0 radical (unpaired) electrons. The van der Waals surface area contributed by atoms with Crippen LogP contribution in [0.3, 0.4) is 0 Å². The summed E-state index contributed by atoms with van der Waals surface area (Å²) < 4.78 is 50.8. The van der Waals surface area contributed by atoms with E-state index in [1.165, 1.54) is 31.4 Å². The number of methoxy groups -OCH3 is 1. The predicted octanol–water partition coefficient (Wildman–Crippen LogP) is 4.91. The molecule has 120 valence electrons. The van der Waals surface area contributed by atoms with Crippen molar-refractivity contribution >= 4 is 11.6 Å². The Morgan fingerprint density at radius 3 is 2.30 bits per heavy atom. The summed E-state index contributed by atoms with van der Waals surface area (Å²) >= 11 is 5.90. The quantitative estimate of drug-likeness (QED) is 0.791. The first kappa shape index (κ1) is 16.8. The summed E-state index contributed by atoms with van der Waals surface area (Å²) in [4.78, 5) is 0. The van der Waals surface area contributed by atoms with Crippen molar-refractivity contribution in [3.8, 4) is 29.1 Å². The third kappa shape index (κ3) is 4.44. The SMILES string of the molecule is COc1cc(C#N)ccc1Oc1ccc(OC(F)(F)F)cc1Cl. The first-order valence-corrected chi connectivity index (χ1v) is 6.51. The Bertz CT molecular complexity index is 757. The minimum Gasteiger partial charge on any atom is -0.493 e. The first-order valence-electron chi connectivity index (χ1n) is 6.13. The molecule has 8 heteroatoms. The van der Waals surface area contributed by atoms with Crippen LogP contribution in [0.5, 0.6) is 23.0 Å². The molecule has 2 aromatic rings. The Hall–Kier alpha value is -2.59. The van der Waals surface area contributed by atoms with Gasteiger partial charge in [-0.15, -0.1) is 13.2 Å². The number of nitriles is 1. The van der Waals surface area contributed by atoms with E-state index in [9.17, 15) is 13.2 Å². The summed E-state index contributed by atoms with van der Waals surface area (Å²) in [6.07, 6.45) is -4.80. The van der Waals surface area contributed by atoms with Gasteiger partial charge in [-0.3, -0.25) is 0 Å². The van der Waals surface area contributed by atoms with E-state index in [4.69, 9.17) is 26.3 Å². The van der Waals surface area contributed by atoms with Crippen LogP contribution in [0.4, 0.5) is 13.2 Å². The molecule has 0 saturated carbocycles. The van der Waals surface area contributed by atoms with Crippen LogP contribution >= 0.6 is 11.6 Å². The van der Waals surface area contributed by atoms with Crippen molar-refractivity contribution in [2.75, 3.05) is 7.11 Å². The number of hydrogen-bond donors (Lipinski definition) is 0. The van der Waals surface area contributed by atoms with Gasteiger partial charge in [-0.2, -0.15) is 5.26 Å². The van der Waals surface area contributed by atoms with Gasteiger partial charge in [0.1, 0.15) is 11.5 Å². The number of halogens is 4. The summed E-state index contributed by atoms with van der Waals surface area (Å²) in [7, 11) is 1.39. The van der Waals surface area contributed by atoms with E-state index < -0.39 is 12.1 Å². The molecule has 0 bridgehead atoms. The van der Waals surface area contributed by atoms with E-state index in [0.717, 1.165) is 12.1 Å². The molecular formula is C15H9ClF3NO3. The van der Waals surface area contributed by atoms with Gasteiger partial charge >= 0.3 is 6.36 Å². The average molecular weight is 344 g/mol. The summed E-state index contributed by atoms with van der Waals surface area (Å²) in [5.74, 6) is 0.208. The molecule has 0 atom stereocenters. The fourth-order valence-electron chi connectivity index (χ4n) is 1.70. The van der Waals surface area contributed by atoms with Gasteiger partial charge < -0.3 is 14.2 Å². The molecule has 0 aliphatic heterocycles. The molecule has 2 aromatic carbocycles. The van der Waals surface area contributed by atoms with Gasteiger partial charge in [-0.25, -0.2) is 0 Å². The van der Waals surface area contributed by atoms with Crippen molar-refractivity contribution in [3.05, 3.63) is 47.0 Å². The second-order valence-corrected chi connectivity index (χ2v) is 4.63. The van der Waals surface area contributed by atoms with Gasteiger partial charge in [-0.05, 0) is 24.3 Å². The third-order valence-corrected chi connectivity index (χ3v) is 2.94. The maximum atomic E-state index is 12.2. The monoisotopic (exact) mass is 343 g/mol. The lowest BCUT2D eigenvalue weighted by molar-refractivity contribution is -0.274. The van der Waals surface area contributed by atoms with Crippen LogP contribution in [0.15, 0.2) is 36.4 Å². The maximum Gasteiger partial charge on any atom is 0.573 e. The van der Waals surface area contributed by atoms with Crippen LogP contribution in [-0.2, 0) is 0 Å². The molecule has 0 fully saturated rings. The molecule has 0 heterocycles. The highest BCUT2D eigenvalue weighted by Gasteiger charge is 2.31. The Balaban J connectivity index is 2.26. The minimum absolute atomic E-state index is 0.0711. The highest BCUT2D eigenvalue weighted by atomic mass is 35.5. The number of ether oxygens (including phenoxy) is 3. The van der Waals surface area contributed by atoms with Gasteiger partial charge in [0.15, 0.2) is 11.5 Å². The van der Waals surface area contributed by atoms with Crippen LogP contribution in [0.2, 0.25) is 5.02 Å². The summed E-state index contributed by atoms with van der Waals surface area (Å²) in [6.45, 7) is 0. The first-order chi connectivity index (χ1) is 10.8. The standard InChI is InChI=1S/C15H9ClF3NO3/c1-21-14-6-9(8-20)2-4-13(14)22-12-5-3-10(7-11(12)16)23-15(17,18)19/h2-7H,1H3. The zero-order chi connectivity index (χ0) is 17.0. The average Bonchev–Trinajstić information content (AvgIpc) is 2.48. The van der Waals surface area contributed by atoms with Gasteiger partial charge in [0, 0.05) is 12.1 Å². The Morgan fingerprint density at radius 1 is 1.04 bits per heavy atom. The lowest BCUT2D eigenvalue weighted by atomic mass is 10.2. The molecule has 0 aliphatic rings. The maximum absolute atomic E-state index is 12.2. The lowest BCUT2D eigenvalue weighted by Crippen LogP contribution is -2.17. The van der Waals surface area contributed by atoms with Gasteiger partial charge in [-0.1, -0.05) is 11.6 Å². The lowest BCUT2D eigenvalue weighted by Gasteiger charge is -2.13. The molecule has 0 aromatic heterocycles. The van der Waals surface area contributed by atoms with Gasteiger partial charge in [0.2, 0.25) is 0 Å². The Kier molecular flexibility index (Phi) is 4.86. The largest absolute Gasteiger partial charge is 0.573 e. The molecule has 0 spiro atoms. The molecule has 23 heavy (non-hydrogen) atoms. The minimum atomic E-state index is -4.80. The van der Waals surface area contributed by atoms with Crippen molar-refractivity contribution in [1.29, 1.82) is 5.26 Å². The number of rotatable bonds is 4. The highest BCUT2D eigenvalue weighted by Crippen LogP contribution is 2.37. The Labute approximate surface area is 134 Å². The molecule has 2 rings (SSSR count). The zero-order valence-electron chi connectivity index (χ0n) is 11.6. The van der Waals surface area contributed by atoms with Gasteiger partial charge in [0.05, 0.1) is 23.8 Å². The van der Waals surface area contributed by atoms with Crippen molar-refractivity contribution in [2.24, 2.45) is 0 Å². The summed E-state index contributed by atoms with van der Waals surface area (Å²) in [5.41, 5.74) is 0.370. The second-order valence-electron chi connectivity index (χ2n) is 4.22. The number of benzene rings is 2. The number of nitrogens with zero attached hydrogens (tertiary/aromatic N) is 1. The van der Waals surface area contributed by atoms with Crippen molar-refractivity contribution in [2.45, 2.75) is 6.36 Å². The zero-order valence-corrected chi connectivity index (χ0v) is 12.4. The van der Waals surface area contributed by atoms with Crippen molar-refractivity contribution < 1.29 is 27.4 Å². The smallest absolute Gasteiger partial charge is 0.493 e. The van der Waals surface area contributed by atoms with E-state index in [0.29, 0.717) is 5.56 Å². The molecule has 4 nitrogen and oxygen atoms in total. The van der Waals surface area contributed by atoms with E-state index in [1.807, 2.05) is 6.07 Å². The fraction of sp³-hybridized carbons (Fsp3) is 0.133. The third-order valence-electron chi connectivity index (χ3n) is 2.65. The molecule has 0 N–H and O–H groups in total. The number of hydrogen-bond acceptors (Lipinski definition) is 4. The van der Waals surface area contributed by atoms with E-state index in [-0.39, 0.29) is 22.3 Å². The normalized spacial score (nSPS) is 10.8. The Morgan fingerprint density at radius 2 is 1.74 bits per heavy atom. The second kappa shape index (κ2) is 6.67. The van der Waals surface area contributed by atoms with E-state index >= 15 is 0 Å². The topological polar surface area (TPSA) is 51.5 Å². The fourth-order valence-corrected chi connectivity index (χ4v) is 1.91.